The van der Waals surface area contributed by atoms with E-state index in [2.05, 4.69) is 30.8 Å². The first-order valence-corrected chi connectivity index (χ1v) is 7.31. The monoisotopic (exact) mass is 322 g/mol. The van der Waals surface area contributed by atoms with E-state index in [9.17, 15) is 9.70 Å². The van der Waals surface area contributed by atoms with Crippen LogP contribution in [0.2, 0.25) is 0 Å². The topological polar surface area (TPSA) is 109 Å². The minimum Gasteiger partial charge on any atom is -0.370 e. The predicted octanol–water partition coefficient (Wildman–Crippen LogP) is 3.11. The zero-order chi connectivity index (χ0) is 16.9. The van der Waals surface area contributed by atoms with Gasteiger partial charge in [0, 0.05) is 24.3 Å². The van der Waals surface area contributed by atoms with E-state index in [1.165, 1.54) is 6.20 Å². The van der Waals surface area contributed by atoms with Crippen LogP contribution >= 0.6 is 0 Å². The molecule has 3 rings (SSSR count). The number of nitrogens with one attached hydrogen (secondary N) is 2. The summed E-state index contributed by atoms with van der Waals surface area (Å²) in [6.07, 6.45) is 3.04. The third-order valence-corrected chi connectivity index (χ3v) is 3.28. The smallest absolute Gasteiger partial charge is 0.259 e. The average Bonchev–Trinajstić information content (AvgIpc) is 2.62. The van der Waals surface area contributed by atoms with E-state index in [-0.39, 0.29) is 17.5 Å². The summed E-state index contributed by atoms with van der Waals surface area (Å²) in [4.78, 5) is 35.5. The van der Waals surface area contributed by atoms with Crippen LogP contribution in [0, 0.1) is 4.91 Å². The van der Waals surface area contributed by atoms with Crippen LogP contribution in [0.4, 0.5) is 17.5 Å². The third kappa shape index (κ3) is 3.17. The Hall–Kier alpha value is -3.42. The van der Waals surface area contributed by atoms with Crippen LogP contribution in [-0.2, 0) is 0 Å². The zero-order valence-electron chi connectivity index (χ0n) is 12.9. The molecular weight excluding hydrogens is 308 g/mol. The largest absolute Gasteiger partial charge is 0.370 e. The van der Waals surface area contributed by atoms with Gasteiger partial charge in [-0.1, -0.05) is 0 Å². The summed E-state index contributed by atoms with van der Waals surface area (Å²) in [5.74, 6) is 0.339. The number of hydrogen-bond acceptors (Lipinski definition) is 7. The van der Waals surface area contributed by atoms with E-state index in [0.29, 0.717) is 23.4 Å². The number of hydrogen-bond donors (Lipinski definition) is 2. The van der Waals surface area contributed by atoms with E-state index >= 15 is 0 Å². The quantitative estimate of drug-likeness (QED) is 0.698. The molecule has 0 bridgehead atoms. The zero-order valence-corrected chi connectivity index (χ0v) is 12.9. The highest BCUT2D eigenvalue weighted by atomic mass is 16.3. The van der Waals surface area contributed by atoms with Crippen LogP contribution < -0.4 is 10.6 Å². The summed E-state index contributed by atoms with van der Waals surface area (Å²) >= 11 is 0. The lowest BCUT2D eigenvalue weighted by molar-refractivity contribution is 0.102. The molecule has 0 aliphatic carbocycles. The number of rotatable bonds is 5. The molecule has 0 aliphatic heterocycles. The SMILES string of the molecule is CCNc1nc(NC(=O)c2cccnc2)nc2cc(N=O)ccc12. The highest BCUT2D eigenvalue weighted by molar-refractivity contribution is 6.04. The fraction of sp³-hybridized carbons (Fsp3) is 0.125. The molecule has 2 aromatic heterocycles. The Bertz CT molecular complexity index is 898. The lowest BCUT2D eigenvalue weighted by Crippen LogP contribution is -2.15. The highest BCUT2D eigenvalue weighted by Gasteiger charge is 2.12. The Morgan fingerprint density at radius 3 is 2.83 bits per heavy atom. The predicted molar refractivity (Wildman–Crippen MR) is 91.3 cm³/mol. The molecule has 0 radical (unpaired) electrons. The molecule has 0 aliphatic rings. The number of aromatic nitrogens is 3. The van der Waals surface area contributed by atoms with E-state index in [1.54, 1.807) is 36.5 Å². The van der Waals surface area contributed by atoms with Gasteiger partial charge in [-0.05, 0) is 42.4 Å². The van der Waals surface area contributed by atoms with Gasteiger partial charge < -0.3 is 5.32 Å². The molecule has 1 amide bonds. The summed E-state index contributed by atoms with van der Waals surface area (Å²) < 4.78 is 0. The van der Waals surface area contributed by atoms with E-state index < -0.39 is 0 Å². The van der Waals surface area contributed by atoms with Gasteiger partial charge in [-0.25, -0.2) is 4.98 Å². The Kier molecular flexibility index (Phi) is 4.37. The van der Waals surface area contributed by atoms with Gasteiger partial charge in [-0.2, -0.15) is 4.98 Å². The van der Waals surface area contributed by atoms with Gasteiger partial charge in [0.1, 0.15) is 11.5 Å². The number of fused-ring (bicyclic) bond motifs is 1. The van der Waals surface area contributed by atoms with Crippen molar-refractivity contribution < 1.29 is 4.79 Å². The Morgan fingerprint density at radius 2 is 2.12 bits per heavy atom. The van der Waals surface area contributed by atoms with Gasteiger partial charge in [0.25, 0.3) is 5.91 Å². The third-order valence-electron chi connectivity index (χ3n) is 3.28. The van der Waals surface area contributed by atoms with Crippen molar-refractivity contribution in [3.05, 3.63) is 53.2 Å². The van der Waals surface area contributed by atoms with Gasteiger partial charge in [-0.15, -0.1) is 4.91 Å². The summed E-state index contributed by atoms with van der Waals surface area (Å²) in [5, 5.41) is 9.40. The lowest BCUT2D eigenvalue weighted by Gasteiger charge is -2.10. The van der Waals surface area contributed by atoms with E-state index in [0.717, 1.165) is 5.39 Å². The van der Waals surface area contributed by atoms with E-state index in [1.807, 2.05) is 6.92 Å². The number of pyridine rings is 1. The molecule has 2 N–H and O–H groups in total. The van der Waals surface area contributed by atoms with Crippen molar-refractivity contribution in [2.45, 2.75) is 6.92 Å². The Balaban J connectivity index is 2.01. The molecule has 0 saturated carbocycles. The van der Waals surface area contributed by atoms with Gasteiger partial charge in [0.15, 0.2) is 0 Å². The number of nitrogens with zero attached hydrogens (tertiary/aromatic N) is 4. The fourth-order valence-corrected chi connectivity index (χ4v) is 2.20. The second-order valence-corrected chi connectivity index (χ2v) is 4.91. The van der Waals surface area contributed by atoms with Crippen molar-refractivity contribution in [1.29, 1.82) is 0 Å². The van der Waals surface area contributed by atoms with Crippen molar-refractivity contribution in [2.75, 3.05) is 17.2 Å². The van der Waals surface area contributed by atoms with Gasteiger partial charge in [0.2, 0.25) is 5.95 Å². The number of carbonyl (C=O) groups excluding carboxylic acids is 1. The van der Waals surface area contributed by atoms with Crippen LogP contribution in [0.3, 0.4) is 0 Å². The minimum atomic E-state index is -0.366. The van der Waals surface area contributed by atoms with Crippen molar-refractivity contribution >= 4 is 34.3 Å². The molecule has 0 fully saturated rings. The first-order chi connectivity index (χ1) is 11.7. The van der Waals surface area contributed by atoms with Crippen molar-refractivity contribution in [3.8, 4) is 0 Å². The standard InChI is InChI=1S/C16H14N6O2/c1-2-18-14-12-6-5-11(22-24)8-13(12)19-16(20-14)21-15(23)10-4-3-7-17-9-10/h3-9H,2H2,1H3,(H2,18,19,20,21,23). The average molecular weight is 322 g/mol. The maximum Gasteiger partial charge on any atom is 0.259 e. The summed E-state index contributed by atoms with van der Waals surface area (Å²) in [6, 6.07) is 8.17. The van der Waals surface area contributed by atoms with Crippen molar-refractivity contribution in [3.63, 3.8) is 0 Å². The maximum absolute atomic E-state index is 12.2. The molecule has 0 saturated heterocycles. The Labute approximate surface area is 137 Å². The first kappa shape index (κ1) is 15.5. The van der Waals surface area contributed by atoms with Gasteiger partial charge in [0.05, 0.1) is 11.1 Å². The van der Waals surface area contributed by atoms with Crippen molar-refractivity contribution in [1.82, 2.24) is 15.0 Å². The number of carbonyl (C=O) groups is 1. The summed E-state index contributed by atoms with van der Waals surface area (Å²) in [6.45, 7) is 2.58. The number of amides is 1. The Morgan fingerprint density at radius 1 is 1.25 bits per heavy atom. The van der Waals surface area contributed by atoms with Crippen molar-refractivity contribution in [2.24, 2.45) is 5.18 Å². The second-order valence-electron chi connectivity index (χ2n) is 4.91. The highest BCUT2D eigenvalue weighted by Crippen LogP contribution is 2.26. The number of benzene rings is 1. The molecule has 24 heavy (non-hydrogen) atoms. The van der Waals surface area contributed by atoms with Gasteiger partial charge >= 0.3 is 0 Å². The molecule has 1 aromatic carbocycles. The minimum absolute atomic E-state index is 0.135. The van der Waals surface area contributed by atoms with Gasteiger partial charge in [-0.3, -0.25) is 15.1 Å². The lowest BCUT2D eigenvalue weighted by atomic mass is 10.2. The van der Waals surface area contributed by atoms with E-state index in [4.69, 9.17) is 0 Å². The molecule has 2 heterocycles. The normalized spacial score (nSPS) is 10.4. The second kappa shape index (κ2) is 6.78. The molecule has 0 spiro atoms. The molecular formula is C16H14N6O2. The van der Waals surface area contributed by atoms with Crippen LogP contribution in [-0.4, -0.2) is 27.4 Å². The summed E-state index contributed by atoms with van der Waals surface area (Å²) in [5.41, 5.74) is 1.17. The molecule has 8 heteroatoms. The maximum atomic E-state index is 12.2. The molecule has 120 valence electrons. The summed E-state index contributed by atoms with van der Waals surface area (Å²) in [7, 11) is 0. The number of nitroso groups, excluding NO2 is 1. The molecule has 3 aromatic rings. The van der Waals surface area contributed by atoms with Crippen LogP contribution in [0.5, 0.6) is 0 Å². The molecule has 0 unspecified atom stereocenters. The fourth-order valence-electron chi connectivity index (χ4n) is 2.20. The first-order valence-electron chi connectivity index (χ1n) is 7.31. The van der Waals surface area contributed by atoms with Crippen LogP contribution in [0.1, 0.15) is 17.3 Å². The number of anilines is 2. The molecule has 0 atom stereocenters. The van der Waals surface area contributed by atoms with Crippen LogP contribution in [0.25, 0.3) is 10.9 Å². The molecule has 8 nitrogen and oxygen atoms in total. The van der Waals surface area contributed by atoms with Crippen LogP contribution in [0.15, 0.2) is 47.9 Å².